The zero-order chi connectivity index (χ0) is 16.5. The van der Waals surface area contributed by atoms with Crippen LogP contribution in [-0.2, 0) is 0 Å². The largest absolute Gasteiger partial charge is 0.354 e. The van der Waals surface area contributed by atoms with Crippen molar-refractivity contribution in [3.63, 3.8) is 0 Å². The van der Waals surface area contributed by atoms with Gasteiger partial charge >= 0.3 is 0 Å². The first-order valence-corrected chi connectivity index (χ1v) is 10.2. The summed E-state index contributed by atoms with van der Waals surface area (Å²) in [6.07, 6.45) is 9.61. The Hall–Kier alpha value is -0.680. The maximum absolute atomic E-state index is 4.49. The van der Waals surface area contributed by atoms with Gasteiger partial charge < -0.3 is 10.2 Å². The fourth-order valence-corrected chi connectivity index (χ4v) is 4.79. The van der Waals surface area contributed by atoms with Gasteiger partial charge in [-0.25, -0.2) is 0 Å². The number of aliphatic imine (C=N–C) groups is 1. The molecule has 0 aromatic heterocycles. The summed E-state index contributed by atoms with van der Waals surface area (Å²) < 4.78 is 0. The molecule has 23 heavy (non-hydrogen) atoms. The van der Waals surface area contributed by atoms with Crippen LogP contribution in [0.2, 0.25) is 0 Å². The third-order valence-corrected chi connectivity index (χ3v) is 6.21. The number of unbranched alkanes of at least 4 members (excludes halogenated alkanes) is 1. The van der Waals surface area contributed by atoms with Crippen LogP contribution in [0, 0.1) is 0 Å². The Morgan fingerprint density at radius 3 is 2.65 bits per heavy atom. The van der Waals surface area contributed by atoms with Crippen LogP contribution in [0.5, 0.6) is 0 Å². The highest BCUT2D eigenvalue weighted by molar-refractivity contribution is 7.99. The van der Waals surface area contributed by atoms with Crippen LogP contribution in [0.3, 0.4) is 0 Å². The highest BCUT2D eigenvalue weighted by Crippen LogP contribution is 2.36. The Morgan fingerprint density at radius 1 is 1.35 bits per heavy atom. The fourth-order valence-electron chi connectivity index (χ4n) is 3.88. The van der Waals surface area contributed by atoms with Gasteiger partial charge in [-0.1, -0.05) is 18.9 Å². The lowest BCUT2D eigenvalue weighted by atomic mass is 9.94. The highest BCUT2D eigenvalue weighted by Gasteiger charge is 2.40. The Morgan fingerprint density at radius 2 is 2.04 bits per heavy atom. The van der Waals surface area contributed by atoms with Gasteiger partial charge in [0, 0.05) is 57.3 Å². The molecule has 1 saturated carbocycles. The lowest BCUT2D eigenvalue weighted by molar-refractivity contribution is 0.106. The lowest BCUT2D eigenvalue weighted by Gasteiger charge is -2.44. The van der Waals surface area contributed by atoms with Crippen LogP contribution in [0.4, 0.5) is 0 Å². The average molecular weight is 339 g/mol. The van der Waals surface area contributed by atoms with E-state index in [9.17, 15) is 0 Å². The first-order chi connectivity index (χ1) is 11.2. The molecule has 0 unspecified atom stereocenters. The van der Waals surface area contributed by atoms with Gasteiger partial charge in [-0.2, -0.15) is 11.8 Å². The Bertz CT molecular complexity index is 384. The minimum Gasteiger partial charge on any atom is -0.354 e. The highest BCUT2D eigenvalue weighted by atomic mass is 32.2. The molecule has 2 rings (SSSR count). The predicted molar refractivity (Wildman–Crippen MR) is 104 cm³/mol. The van der Waals surface area contributed by atoms with E-state index in [0.717, 1.165) is 31.9 Å². The minimum atomic E-state index is 0.360. The summed E-state index contributed by atoms with van der Waals surface area (Å²) in [5.41, 5.74) is 0.360. The van der Waals surface area contributed by atoms with E-state index in [1.807, 2.05) is 13.1 Å². The van der Waals surface area contributed by atoms with Crippen LogP contribution in [0.1, 0.15) is 38.5 Å². The Labute approximate surface area is 146 Å². The molecule has 1 N–H and O–H groups in total. The van der Waals surface area contributed by atoms with E-state index < -0.39 is 0 Å². The topological polar surface area (TPSA) is 30.9 Å². The minimum absolute atomic E-state index is 0.360. The summed E-state index contributed by atoms with van der Waals surface area (Å²) in [7, 11) is 4.03. The van der Waals surface area contributed by atoms with E-state index in [4.69, 9.17) is 0 Å². The summed E-state index contributed by atoms with van der Waals surface area (Å²) >= 11 is 2.10. The maximum atomic E-state index is 4.49. The normalized spacial score (nSPS) is 22.1. The molecule has 1 heterocycles. The molecule has 0 amide bonds. The number of rotatable bonds is 7. The standard InChI is InChI=1S/C18H34N4S/c1-4-5-8-11-21(3)17(19-2)20-16-18(9-6-7-10-18)22-12-14-23-15-13-22/h4H,1,5-16H2,2-3H3,(H,19,20). The van der Waals surface area contributed by atoms with Gasteiger partial charge in [-0.15, -0.1) is 6.58 Å². The van der Waals surface area contributed by atoms with E-state index in [0.29, 0.717) is 5.54 Å². The molecule has 2 aliphatic rings. The lowest BCUT2D eigenvalue weighted by Crippen LogP contribution is -2.57. The predicted octanol–water partition coefficient (Wildman–Crippen LogP) is 2.82. The van der Waals surface area contributed by atoms with Crippen LogP contribution in [0.15, 0.2) is 17.6 Å². The summed E-state index contributed by atoms with van der Waals surface area (Å²) in [6, 6.07) is 0. The quantitative estimate of drug-likeness (QED) is 0.335. The summed E-state index contributed by atoms with van der Waals surface area (Å²) in [6.45, 7) is 8.37. The Balaban J connectivity index is 1.90. The van der Waals surface area contributed by atoms with Crippen molar-refractivity contribution in [2.45, 2.75) is 44.1 Å². The molecule has 5 heteroatoms. The van der Waals surface area contributed by atoms with Crippen molar-refractivity contribution < 1.29 is 0 Å². The van der Waals surface area contributed by atoms with Crippen molar-refractivity contribution >= 4 is 17.7 Å². The van der Waals surface area contributed by atoms with Gasteiger partial charge in [0.1, 0.15) is 0 Å². The molecule has 2 fully saturated rings. The van der Waals surface area contributed by atoms with Crippen LogP contribution < -0.4 is 5.32 Å². The first kappa shape index (κ1) is 18.7. The second-order valence-electron chi connectivity index (χ2n) is 6.78. The summed E-state index contributed by atoms with van der Waals surface area (Å²) in [5, 5.41) is 3.68. The molecule has 0 spiro atoms. The second-order valence-corrected chi connectivity index (χ2v) is 8.01. The average Bonchev–Trinajstić information content (AvgIpc) is 3.07. The van der Waals surface area contributed by atoms with E-state index in [-0.39, 0.29) is 0 Å². The number of hydrogen-bond acceptors (Lipinski definition) is 3. The van der Waals surface area contributed by atoms with Crippen molar-refractivity contribution in [3.8, 4) is 0 Å². The molecular weight excluding hydrogens is 304 g/mol. The number of nitrogens with zero attached hydrogens (tertiary/aromatic N) is 3. The smallest absolute Gasteiger partial charge is 0.193 e. The van der Waals surface area contributed by atoms with Crippen molar-refractivity contribution in [1.82, 2.24) is 15.1 Å². The third-order valence-electron chi connectivity index (χ3n) is 5.27. The van der Waals surface area contributed by atoms with Crippen LogP contribution in [0.25, 0.3) is 0 Å². The molecule has 0 bridgehead atoms. The van der Waals surface area contributed by atoms with Gasteiger partial charge in [0.15, 0.2) is 5.96 Å². The molecule has 132 valence electrons. The number of allylic oxidation sites excluding steroid dienone is 1. The Kier molecular flexibility index (Phi) is 7.77. The zero-order valence-corrected chi connectivity index (χ0v) is 15.8. The van der Waals surface area contributed by atoms with Gasteiger partial charge in [0.05, 0.1) is 0 Å². The molecule has 4 nitrogen and oxygen atoms in total. The molecule has 0 radical (unpaired) electrons. The molecule has 1 saturated heterocycles. The summed E-state index contributed by atoms with van der Waals surface area (Å²) in [4.78, 5) is 9.49. The second kappa shape index (κ2) is 9.58. The third kappa shape index (κ3) is 5.15. The maximum Gasteiger partial charge on any atom is 0.193 e. The molecule has 0 aromatic carbocycles. The van der Waals surface area contributed by atoms with Crippen molar-refractivity contribution in [3.05, 3.63) is 12.7 Å². The fraction of sp³-hybridized carbons (Fsp3) is 0.833. The molecule has 0 aromatic rings. The van der Waals surface area contributed by atoms with E-state index in [1.54, 1.807) is 0 Å². The zero-order valence-electron chi connectivity index (χ0n) is 15.0. The SMILES string of the molecule is C=CCCCN(C)C(=NC)NCC1(N2CCSCC2)CCCC1. The van der Waals surface area contributed by atoms with E-state index >= 15 is 0 Å². The number of guanidine groups is 1. The molecule has 1 aliphatic heterocycles. The molecule has 1 aliphatic carbocycles. The number of nitrogens with one attached hydrogen (secondary N) is 1. The summed E-state index contributed by atoms with van der Waals surface area (Å²) in [5.74, 6) is 3.61. The molecule has 0 atom stereocenters. The van der Waals surface area contributed by atoms with Gasteiger partial charge in [-0.3, -0.25) is 9.89 Å². The van der Waals surface area contributed by atoms with E-state index in [1.165, 1.54) is 50.3 Å². The van der Waals surface area contributed by atoms with E-state index in [2.05, 4.69) is 45.5 Å². The van der Waals surface area contributed by atoms with Gasteiger partial charge in [0.2, 0.25) is 0 Å². The van der Waals surface area contributed by atoms with Crippen molar-refractivity contribution in [2.75, 3.05) is 51.8 Å². The van der Waals surface area contributed by atoms with Gasteiger partial charge in [-0.05, 0) is 25.7 Å². The van der Waals surface area contributed by atoms with Gasteiger partial charge in [0.25, 0.3) is 0 Å². The van der Waals surface area contributed by atoms with Crippen LogP contribution >= 0.6 is 11.8 Å². The monoisotopic (exact) mass is 338 g/mol. The first-order valence-electron chi connectivity index (χ1n) is 9.07. The van der Waals surface area contributed by atoms with Crippen LogP contribution in [-0.4, -0.2) is 73.1 Å². The van der Waals surface area contributed by atoms with Crippen molar-refractivity contribution in [2.24, 2.45) is 4.99 Å². The molecular formula is C18H34N4S. The number of thioether (sulfide) groups is 1. The number of hydrogen-bond donors (Lipinski definition) is 1. The van der Waals surface area contributed by atoms with Crippen molar-refractivity contribution in [1.29, 1.82) is 0 Å².